The lowest BCUT2D eigenvalue weighted by atomic mass is 10.1. The number of nitrogens with one attached hydrogen (secondary N) is 3. The molecule has 8 nitrogen and oxygen atoms in total. The fourth-order valence-electron chi connectivity index (χ4n) is 3.49. The van der Waals surface area contributed by atoms with Gasteiger partial charge in [0.1, 0.15) is 0 Å². The lowest BCUT2D eigenvalue weighted by Crippen LogP contribution is -2.56. The van der Waals surface area contributed by atoms with Gasteiger partial charge in [-0.15, -0.1) is 23.1 Å². The zero-order valence-corrected chi connectivity index (χ0v) is 17.0. The van der Waals surface area contributed by atoms with Crippen LogP contribution >= 0.6 is 23.1 Å². The minimum absolute atomic E-state index is 0.0808. The van der Waals surface area contributed by atoms with Crippen molar-refractivity contribution < 1.29 is 14.4 Å². The number of urea groups is 1. The Morgan fingerprint density at radius 2 is 1.87 bits per heavy atom. The SMILES string of the molecule is O=C(Nc1nc(-c2ccccc2)cs1)NN1C(=O)CSC12C(=O)Nc1ccccc12. The minimum Gasteiger partial charge on any atom is -0.322 e. The number of thiazole rings is 1. The Balaban J connectivity index is 1.36. The van der Waals surface area contributed by atoms with Crippen LogP contribution in [0.15, 0.2) is 60.0 Å². The Hall–Kier alpha value is -3.37. The van der Waals surface area contributed by atoms with Crippen molar-refractivity contribution in [3.63, 3.8) is 0 Å². The lowest BCUT2D eigenvalue weighted by Gasteiger charge is -2.31. The highest BCUT2D eigenvalue weighted by Gasteiger charge is 2.58. The zero-order valence-electron chi connectivity index (χ0n) is 15.4. The Morgan fingerprint density at radius 1 is 1.10 bits per heavy atom. The molecular weight excluding hydrogens is 422 g/mol. The molecule has 0 aliphatic carbocycles. The Bertz CT molecular complexity index is 1170. The topological polar surface area (TPSA) is 103 Å². The van der Waals surface area contributed by atoms with Gasteiger partial charge in [-0.3, -0.25) is 14.9 Å². The molecule has 2 aliphatic heterocycles. The third-order valence-corrected chi connectivity index (χ3v) is 6.98. The second kappa shape index (κ2) is 7.15. The van der Waals surface area contributed by atoms with Gasteiger partial charge >= 0.3 is 6.03 Å². The van der Waals surface area contributed by atoms with Crippen LogP contribution in [-0.2, 0) is 14.5 Å². The molecular formula is C20H15N5O3S2. The molecule has 1 spiro atoms. The van der Waals surface area contributed by atoms with Crippen molar-refractivity contribution in [1.29, 1.82) is 0 Å². The van der Waals surface area contributed by atoms with Crippen molar-refractivity contribution in [2.24, 2.45) is 0 Å². The first-order valence-electron chi connectivity index (χ1n) is 9.04. The molecule has 1 unspecified atom stereocenters. The average molecular weight is 438 g/mol. The summed E-state index contributed by atoms with van der Waals surface area (Å²) >= 11 is 2.45. The van der Waals surface area contributed by atoms with Gasteiger partial charge in [0.25, 0.3) is 11.8 Å². The quantitative estimate of drug-likeness (QED) is 0.584. The summed E-state index contributed by atoms with van der Waals surface area (Å²) in [4.78, 5) is 41.1. The van der Waals surface area contributed by atoms with Gasteiger partial charge in [-0.2, -0.15) is 0 Å². The van der Waals surface area contributed by atoms with Crippen LogP contribution in [0, 0.1) is 0 Å². The van der Waals surface area contributed by atoms with Gasteiger partial charge in [0.15, 0.2) is 5.13 Å². The molecule has 3 heterocycles. The summed E-state index contributed by atoms with van der Waals surface area (Å²) in [5, 5.41) is 8.77. The number of para-hydroxylation sites is 1. The van der Waals surface area contributed by atoms with Gasteiger partial charge in [0, 0.05) is 22.2 Å². The van der Waals surface area contributed by atoms with Crippen molar-refractivity contribution in [3.05, 3.63) is 65.5 Å². The number of aromatic nitrogens is 1. The fraction of sp³-hybridized carbons (Fsp3) is 0.100. The van der Waals surface area contributed by atoms with Crippen molar-refractivity contribution >= 4 is 51.8 Å². The first-order chi connectivity index (χ1) is 14.6. The van der Waals surface area contributed by atoms with E-state index in [1.807, 2.05) is 35.7 Å². The van der Waals surface area contributed by atoms with Gasteiger partial charge in [-0.05, 0) is 6.07 Å². The molecule has 10 heteroatoms. The zero-order chi connectivity index (χ0) is 20.7. The second-order valence-corrected chi connectivity index (χ2v) is 8.66. The summed E-state index contributed by atoms with van der Waals surface area (Å²) in [6.07, 6.45) is 0. The molecule has 3 aromatic rings. The van der Waals surface area contributed by atoms with E-state index in [2.05, 4.69) is 21.0 Å². The third kappa shape index (κ3) is 2.92. The number of carbonyl (C=O) groups is 3. The largest absolute Gasteiger partial charge is 0.339 e. The predicted molar refractivity (Wildman–Crippen MR) is 116 cm³/mol. The highest BCUT2D eigenvalue weighted by atomic mass is 32.2. The number of rotatable bonds is 3. The highest BCUT2D eigenvalue weighted by Crippen LogP contribution is 2.51. The van der Waals surface area contributed by atoms with Crippen molar-refractivity contribution in [1.82, 2.24) is 15.4 Å². The van der Waals surface area contributed by atoms with Crippen LogP contribution in [-0.4, -0.2) is 33.6 Å². The van der Waals surface area contributed by atoms with E-state index in [1.54, 1.807) is 24.3 Å². The Morgan fingerprint density at radius 3 is 2.70 bits per heavy atom. The number of fused-ring (bicyclic) bond motifs is 2. The third-order valence-electron chi connectivity index (χ3n) is 4.82. The predicted octanol–water partition coefficient (Wildman–Crippen LogP) is 3.23. The average Bonchev–Trinajstić information content (AvgIpc) is 3.42. The van der Waals surface area contributed by atoms with Gasteiger partial charge in [-0.25, -0.2) is 20.2 Å². The molecule has 0 saturated carbocycles. The number of hydrogen-bond acceptors (Lipinski definition) is 6. The van der Waals surface area contributed by atoms with Gasteiger partial charge < -0.3 is 5.32 Å². The highest BCUT2D eigenvalue weighted by molar-refractivity contribution is 8.02. The summed E-state index contributed by atoms with van der Waals surface area (Å²) in [6, 6.07) is 16.1. The van der Waals surface area contributed by atoms with Crippen molar-refractivity contribution in [3.8, 4) is 11.3 Å². The van der Waals surface area contributed by atoms with E-state index in [1.165, 1.54) is 23.1 Å². The van der Waals surface area contributed by atoms with E-state index >= 15 is 0 Å². The van der Waals surface area contributed by atoms with Crippen LogP contribution in [0.25, 0.3) is 11.3 Å². The Kier molecular flexibility index (Phi) is 4.44. The maximum absolute atomic E-state index is 12.8. The number of nitrogens with zero attached hydrogens (tertiary/aromatic N) is 2. The fourth-order valence-corrected chi connectivity index (χ4v) is 5.46. The molecule has 30 heavy (non-hydrogen) atoms. The van der Waals surface area contributed by atoms with Gasteiger partial charge in [0.05, 0.1) is 11.4 Å². The Labute approximate surface area is 179 Å². The molecule has 3 N–H and O–H groups in total. The molecule has 1 atom stereocenters. The first-order valence-corrected chi connectivity index (χ1v) is 10.9. The van der Waals surface area contributed by atoms with E-state index in [0.29, 0.717) is 16.4 Å². The second-order valence-electron chi connectivity index (χ2n) is 6.63. The summed E-state index contributed by atoms with van der Waals surface area (Å²) in [5.41, 5.74) is 5.50. The number of hydrazine groups is 1. The van der Waals surface area contributed by atoms with E-state index in [-0.39, 0.29) is 17.6 Å². The smallest absolute Gasteiger partial charge is 0.322 e. The molecule has 1 saturated heterocycles. The summed E-state index contributed by atoms with van der Waals surface area (Å²) in [6.45, 7) is 0. The van der Waals surface area contributed by atoms with E-state index in [9.17, 15) is 14.4 Å². The molecule has 2 aliphatic rings. The van der Waals surface area contributed by atoms with E-state index < -0.39 is 10.9 Å². The molecule has 2 aromatic carbocycles. The summed E-state index contributed by atoms with van der Waals surface area (Å²) in [5.74, 6) is -0.635. The van der Waals surface area contributed by atoms with E-state index in [0.717, 1.165) is 16.3 Å². The lowest BCUT2D eigenvalue weighted by molar-refractivity contribution is -0.139. The first kappa shape index (κ1) is 18.6. The minimum atomic E-state index is -1.32. The normalized spacial score (nSPS) is 19.7. The number of benzene rings is 2. The molecule has 4 amide bonds. The van der Waals surface area contributed by atoms with Crippen molar-refractivity contribution in [2.75, 3.05) is 16.4 Å². The maximum Gasteiger partial charge on any atom is 0.339 e. The number of amides is 4. The number of thioether (sulfide) groups is 1. The molecule has 1 aromatic heterocycles. The molecule has 150 valence electrons. The van der Waals surface area contributed by atoms with Crippen LogP contribution in [0.3, 0.4) is 0 Å². The van der Waals surface area contributed by atoms with Gasteiger partial charge in [0.2, 0.25) is 4.87 Å². The monoisotopic (exact) mass is 437 g/mol. The van der Waals surface area contributed by atoms with E-state index in [4.69, 9.17) is 0 Å². The maximum atomic E-state index is 12.8. The van der Waals surface area contributed by atoms with Crippen LogP contribution in [0.4, 0.5) is 15.6 Å². The number of anilines is 2. The van der Waals surface area contributed by atoms with Crippen LogP contribution in [0.5, 0.6) is 0 Å². The summed E-state index contributed by atoms with van der Waals surface area (Å²) in [7, 11) is 0. The molecule has 0 bridgehead atoms. The van der Waals surface area contributed by atoms with Crippen molar-refractivity contribution in [2.45, 2.75) is 4.87 Å². The van der Waals surface area contributed by atoms with Crippen LogP contribution in [0.1, 0.15) is 5.56 Å². The van der Waals surface area contributed by atoms with Crippen LogP contribution < -0.4 is 16.1 Å². The standard InChI is InChI=1S/C20H15N5O3S2/c26-16-11-30-20(13-8-4-5-9-14(13)21-17(20)27)25(16)24-18(28)23-19-22-15(10-29-19)12-6-2-1-3-7-12/h1-10H,11H2,(H,21,27)(H2,22,23,24,28). The molecule has 5 rings (SSSR count). The van der Waals surface area contributed by atoms with Gasteiger partial charge in [-0.1, -0.05) is 48.5 Å². The molecule has 1 fully saturated rings. The molecule has 0 radical (unpaired) electrons. The van der Waals surface area contributed by atoms with Crippen LogP contribution in [0.2, 0.25) is 0 Å². The number of hydrogen-bond donors (Lipinski definition) is 3. The summed E-state index contributed by atoms with van der Waals surface area (Å²) < 4.78 is 0. The number of carbonyl (C=O) groups excluding carboxylic acids is 3.